The molecular formula is C24H35ClN2O4. The zero-order valence-corrected chi connectivity index (χ0v) is 19.7. The molecule has 1 aromatic rings. The number of rotatable bonds is 5. The van der Waals surface area contributed by atoms with E-state index < -0.39 is 23.0 Å². The third-order valence-electron chi connectivity index (χ3n) is 7.32. The molecule has 3 N–H and O–H groups in total. The van der Waals surface area contributed by atoms with Crippen molar-refractivity contribution in [2.24, 2.45) is 17.3 Å². The highest BCUT2D eigenvalue weighted by Crippen LogP contribution is 2.46. The van der Waals surface area contributed by atoms with Crippen molar-refractivity contribution in [2.75, 3.05) is 13.1 Å². The summed E-state index contributed by atoms with van der Waals surface area (Å²) < 4.78 is 0. The Hall–Kier alpha value is -1.63. The molecule has 2 aliphatic rings. The van der Waals surface area contributed by atoms with Crippen LogP contribution in [0.4, 0.5) is 0 Å². The highest BCUT2D eigenvalue weighted by atomic mass is 35.5. The summed E-state index contributed by atoms with van der Waals surface area (Å²) in [4.78, 5) is 27.3. The molecule has 0 aromatic heterocycles. The molecule has 1 aliphatic carbocycles. The van der Waals surface area contributed by atoms with E-state index in [2.05, 4.69) is 5.32 Å². The lowest BCUT2D eigenvalue weighted by molar-refractivity contribution is -0.200. The SMILES string of the molecule is CC(NC(=O)C1CCCC1)[C@@H](C)C(=O)N1C[C@H](O)[C@@](O)(c2ccc(Cl)cc2)C(C)(C)C1. The number of aliphatic hydroxyl groups excluding tert-OH is 1. The molecule has 7 heteroatoms. The molecule has 2 fully saturated rings. The monoisotopic (exact) mass is 450 g/mol. The Morgan fingerprint density at radius 2 is 1.74 bits per heavy atom. The van der Waals surface area contributed by atoms with E-state index in [1.165, 1.54) is 0 Å². The normalized spacial score (nSPS) is 28.2. The molecule has 2 amide bonds. The van der Waals surface area contributed by atoms with E-state index in [9.17, 15) is 19.8 Å². The quantitative estimate of drug-likeness (QED) is 0.643. The number of nitrogens with one attached hydrogen (secondary N) is 1. The number of nitrogens with zero attached hydrogens (tertiary/aromatic N) is 1. The summed E-state index contributed by atoms with van der Waals surface area (Å²) in [5, 5.41) is 26.1. The molecule has 1 saturated heterocycles. The van der Waals surface area contributed by atoms with Gasteiger partial charge in [0.05, 0.1) is 5.92 Å². The molecule has 172 valence electrons. The van der Waals surface area contributed by atoms with E-state index in [4.69, 9.17) is 11.6 Å². The number of carbonyl (C=O) groups is 2. The van der Waals surface area contributed by atoms with Gasteiger partial charge in [0.15, 0.2) is 0 Å². The first kappa shape index (κ1) is 24.0. The third-order valence-corrected chi connectivity index (χ3v) is 7.58. The molecule has 0 radical (unpaired) electrons. The van der Waals surface area contributed by atoms with E-state index in [0.29, 0.717) is 10.6 Å². The molecule has 0 spiro atoms. The van der Waals surface area contributed by atoms with Crippen LogP contribution in [0.3, 0.4) is 0 Å². The smallest absolute Gasteiger partial charge is 0.227 e. The summed E-state index contributed by atoms with van der Waals surface area (Å²) >= 11 is 5.98. The minimum absolute atomic E-state index is 0.0228. The summed E-state index contributed by atoms with van der Waals surface area (Å²) in [5.41, 5.74) is -1.74. The molecule has 1 aromatic carbocycles. The number of piperidine rings is 1. The average molecular weight is 451 g/mol. The number of likely N-dealkylation sites (tertiary alicyclic amines) is 1. The second kappa shape index (κ2) is 9.08. The van der Waals surface area contributed by atoms with Gasteiger partial charge < -0.3 is 20.4 Å². The topological polar surface area (TPSA) is 89.9 Å². The van der Waals surface area contributed by atoms with Gasteiger partial charge in [-0.2, -0.15) is 0 Å². The fourth-order valence-electron chi connectivity index (χ4n) is 5.07. The summed E-state index contributed by atoms with van der Waals surface area (Å²) in [6.45, 7) is 7.66. The van der Waals surface area contributed by atoms with Crippen molar-refractivity contribution in [3.05, 3.63) is 34.9 Å². The Morgan fingerprint density at radius 1 is 1.16 bits per heavy atom. The zero-order chi connectivity index (χ0) is 23.0. The highest BCUT2D eigenvalue weighted by molar-refractivity contribution is 6.30. The van der Waals surface area contributed by atoms with Gasteiger partial charge in [-0.05, 0) is 37.5 Å². The molecule has 1 heterocycles. The molecule has 1 saturated carbocycles. The van der Waals surface area contributed by atoms with Crippen LogP contribution in [0.25, 0.3) is 0 Å². The van der Waals surface area contributed by atoms with E-state index in [-0.39, 0.29) is 36.9 Å². The van der Waals surface area contributed by atoms with Crippen LogP contribution in [0.5, 0.6) is 0 Å². The summed E-state index contributed by atoms with van der Waals surface area (Å²) in [6, 6.07) is 6.50. The molecule has 1 unspecified atom stereocenters. The van der Waals surface area contributed by atoms with Gasteiger partial charge in [-0.3, -0.25) is 9.59 Å². The maximum atomic E-state index is 13.2. The first-order chi connectivity index (χ1) is 14.5. The Balaban J connectivity index is 1.70. The van der Waals surface area contributed by atoms with Crippen molar-refractivity contribution in [2.45, 2.75) is 71.1 Å². The van der Waals surface area contributed by atoms with Crippen LogP contribution in [0.15, 0.2) is 24.3 Å². The summed E-state index contributed by atoms with van der Waals surface area (Å²) in [7, 11) is 0. The minimum atomic E-state index is -1.51. The number of hydrogen-bond donors (Lipinski definition) is 3. The number of carbonyl (C=O) groups excluding carboxylic acids is 2. The third kappa shape index (κ3) is 4.62. The Labute approximate surface area is 190 Å². The van der Waals surface area contributed by atoms with Crippen molar-refractivity contribution < 1.29 is 19.8 Å². The van der Waals surface area contributed by atoms with Gasteiger partial charge in [-0.1, -0.05) is 57.3 Å². The largest absolute Gasteiger partial charge is 0.388 e. The van der Waals surface area contributed by atoms with Crippen LogP contribution >= 0.6 is 11.6 Å². The molecule has 31 heavy (non-hydrogen) atoms. The predicted octanol–water partition coefficient (Wildman–Crippen LogP) is 3.09. The van der Waals surface area contributed by atoms with Gasteiger partial charge in [0.25, 0.3) is 0 Å². The van der Waals surface area contributed by atoms with Crippen LogP contribution < -0.4 is 5.32 Å². The molecule has 3 rings (SSSR count). The lowest BCUT2D eigenvalue weighted by Crippen LogP contribution is -2.65. The van der Waals surface area contributed by atoms with Crippen LogP contribution in [0.2, 0.25) is 5.02 Å². The summed E-state index contributed by atoms with van der Waals surface area (Å²) in [6.07, 6.45) is 2.83. The Bertz CT molecular complexity index is 806. The maximum Gasteiger partial charge on any atom is 0.227 e. The van der Waals surface area contributed by atoms with E-state index >= 15 is 0 Å². The number of aliphatic hydroxyl groups is 2. The molecule has 1 aliphatic heterocycles. The van der Waals surface area contributed by atoms with Gasteiger partial charge in [0.1, 0.15) is 11.7 Å². The van der Waals surface area contributed by atoms with E-state index in [1.807, 2.05) is 20.8 Å². The van der Waals surface area contributed by atoms with Crippen molar-refractivity contribution in [1.29, 1.82) is 0 Å². The number of benzene rings is 1. The fourth-order valence-corrected chi connectivity index (χ4v) is 5.19. The molecular weight excluding hydrogens is 416 g/mol. The predicted molar refractivity (Wildman–Crippen MR) is 120 cm³/mol. The molecule has 0 bridgehead atoms. The lowest BCUT2D eigenvalue weighted by atomic mass is 9.65. The van der Waals surface area contributed by atoms with Gasteiger partial charge >= 0.3 is 0 Å². The van der Waals surface area contributed by atoms with Gasteiger partial charge in [0, 0.05) is 35.5 Å². The van der Waals surface area contributed by atoms with Gasteiger partial charge in [0.2, 0.25) is 11.8 Å². The zero-order valence-electron chi connectivity index (χ0n) is 18.9. The van der Waals surface area contributed by atoms with E-state index in [0.717, 1.165) is 25.7 Å². The van der Waals surface area contributed by atoms with Crippen LogP contribution in [-0.2, 0) is 15.2 Å². The number of amides is 2. The maximum absolute atomic E-state index is 13.2. The first-order valence-electron chi connectivity index (χ1n) is 11.2. The Kier molecular flexibility index (Phi) is 7.04. The van der Waals surface area contributed by atoms with Gasteiger partial charge in [-0.25, -0.2) is 0 Å². The summed E-state index contributed by atoms with van der Waals surface area (Å²) in [5.74, 6) is -0.491. The lowest BCUT2D eigenvalue weighted by Gasteiger charge is -2.53. The molecule has 6 nitrogen and oxygen atoms in total. The van der Waals surface area contributed by atoms with Gasteiger partial charge in [-0.15, -0.1) is 0 Å². The van der Waals surface area contributed by atoms with Crippen molar-refractivity contribution in [1.82, 2.24) is 10.2 Å². The molecule has 4 atom stereocenters. The standard InChI is InChI=1S/C24H35ClN2O4/c1-15(16(2)26-21(29)17-7-5-6-8-17)22(30)27-13-20(28)24(31,23(3,4)14-27)18-9-11-19(25)12-10-18/h9-12,15-17,20,28,31H,5-8,13-14H2,1-4H3,(H,26,29)/t15-,16?,20+,24+/m1/s1. The first-order valence-corrected chi connectivity index (χ1v) is 11.6. The van der Waals surface area contributed by atoms with Crippen molar-refractivity contribution >= 4 is 23.4 Å². The van der Waals surface area contributed by atoms with Crippen molar-refractivity contribution in [3.63, 3.8) is 0 Å². The fraction of sp³-hybridized carbons (Fsp3) is 0.667. The van der Waals surface area contributed by atoms with Crippen LogP contribution in [0, 0.1) is 17.3 Å². The van der Waals surface area contributed by atoms with Crippen LogP contribution in [0.1, 0.15) is 58.9 Å². The average Bonchev–Trinajstić information content (AvgIpc) is 3.26. The number of halogens is 1. The minimum Gasteiger partial charge on any atom is -0.388 e. The van der Waals surface area contributed by atoms with Crippen LogP contribution in [-0.4, -0.2) is 52.2 Å². The van der Waals surface area contributed by atoms with Crippen molar-refractivity contribution in [3.8, 4) is 0 Å². The highest BCUT2D eigenvalue weighted by Gasteiger charge is 2.55. The number of hydrogen-bond acceptors (Lipinski definition) is 4. The van der Waals surface area contributed by atoms with E-state index in [1.54, 1.807) is 36.1 Å². The second-order valence-corrected chi connectivity index (χ2v) is 10.4. The second-order valence-electron chi connectivity index (χ2n) is 9.96. The number of β-amino-alcohol motifs (C(OH)–C–C–N with tert-alkyl or cyclic N) is 1. The Morgan fingerprint density at radius 3 is 2.29 bits per heavy atom.